The Labute approximate surface area is 119 Å². The summed E-state index contributed by atoms with van der Waals surface area (Å²) in [5.41, 5.74) is 1.65. The SMILES string of the molecule is CCOC(=O)C(=O)c1ccc(C2CCN(C)CC2)cc1. The highest BCUT2D eigenvalue weighted by Gasteiger charge is 2.20. The van der Waals surface area contributed by atoms with E-state index in [1.165, 1.54) is 5.56 Å². The van der Waals surface area contributed by atoms with Crippen LogP contribution in [-0.4, -0.2) is 43.4 Å². The van der Waals surface area contributed by atoms with Crippen molar-refractivity contribution in [2.45, 2.75) is 25.7 Å². The molecule has 4 heteroatoms. The van der Waals surface area contributed by atoms with E-state index in [0.717, 1.165) is 25.9 Å². The highest BCUT2D eigenvalue weighted by atomic mass is 16.5. The van der Waals surface area contributed by atoms with E-state index in [0.29, 0.717) is 11.5 Å². The fraction of sp³-hybridized carbons (Fsp3) is 0.500. The van der Waals surface area contributed by atoms with Crippen LogP contribution in [-0.2, 0) is 9.53 Å². The molecule has 4 nitrogen and oxygen atoms in total. The summed E-state index contributed by atoms with van der Waals surface area (Å²) in [4.78, 5) is 25.5. The van der Waals surface area contributed by atoms with Gasteiger partial charge < -0.3 is 9.64 Å². The van der Waals surface area contributed by atoms with Gasteiger partial charge in [-0.05, 0) is 51.4 Å². The first-order valence-electron chi connectivity index (χ1n) is 7.11. The van der Waals surface area contributed by atoms with Crippen LogP contribution in [0.15, 0.2) is 24.3 Å². The molecule has 0 atom stereocenters. The largest absolute Gasteiger partial charge is 0.460 e. The van der Waals surface area contributed by atoms with E-state index in [4.69, 9.17) is 4.74 Å². The van der Waals surface area contributed by atoms with Gasteiger partial charge in [-0.25, -0.2) is 4.79 Å². The number of carbonyl (C=O) groups is 2. The first-order valence-corrected chi connectivity index (χ1v) is 7.11. The molecule has 0 spiro atoms. The van der Waals surface area contributed by atoms with Crippen molar-refractivity contribution in [2.24, 2.45) is 0 Å². The monoisotopic (exact) mass is 275 g/mol. The lowest BCUT2D eigenvalue weighted by Crippen LogP contribution is -2.29. The Hall–Kier alpha value is -1.68. The third-order valence-corrected chi connectivity index (χ3v) is 3.82. The molecule has 2 rings (SSSR count). The van der Waals surface area contributed by atoms with Crippen molar-refractivity contribution < 1.29 is 14.3 Å². The molecule has 1 aliphatic heterocycles. The molecule has 0 saturated carbocycles. The predicted octanol–water partition coefficient (Wildman–Crippen LogP) is 2.24. The summed E-state index contributed by atoms with van der Waals surface area (Å²) in [6.45, 7) is 4.12. The summed E-state index contributed by atoms with van der Waals surface area (Å²) in [7, 11) is 2.14. The van der Waals surface area contributed by atoms with Gasteiger partial charge in [0.05, 0.1) is 6.61 Å². The zero-order valence-corrected chi connectivity index (χ0v) is 12.1. The molecule has 0 bridgehead atoms. The zero-order chi connectivity index (χ0) is 14.5. The van der Waals surface area contributed by atoms with Crippen molar-refractivity contribution >= 4 is 11.8 Å². The van der Waals surface area contributed by atoms with E-state index in [-0.39, 0.29) is 6.61 Å². The summed E-state index contributed by atoms with van der Waals surface area (Å²) in [6.07, 6.45) is 2.28. The van der Waals surface area contributed by atoms with E-state index in [9.17, 15) is 9.59 Å². The van der Waals surface area contributed by atoms with Gasteiger partial charge in [0.25, 0.3) is 5.78 Å². The third kappa shape index (κ3) is 3.45. The van der Waals surface area contributed by atoms with Gasteiger partial charge in [-0.1, -0.05) is 24.3 Å². The Morgan fingerprint density at radius 1 is 1.20 bits per heavy atom. The second-order valence-electron chi connectivity index (χ2n) is 5.25. The van der Waals surface area contributed by atoms with Gasteiger partial charge in [-0.15, -0.1) is 0 Å². The summed E-state index contributed by atoms with van der Waals surface area (Å²) in [5, 5.41) is 0. The fourth-order valence-corrected chi connectivity index (χ4v) is 2.56. The molecule has 1 aromatic carbocycles. The summed E-state index contributed by atoms with van der Waals surface area (Å²) >= 11 is 0. The number of hydrogen-bond donors (Lipinski definition) is 0. The molecule has 1 heterocycles. The van der Waals surface area contributed by atoms with Crippen molar-refractivity contribution in [3.63, 3.8) is 0 Å². The molecule has 0 radical (unpaired) electrons. The first-order chi connectivity index (χ1) is 9.61. The zero-order valence-electron chi connectivity index (χ0n) is 12.1. The number of carbonyl (C=O) groups excluding carboxylic acids is 2. The minimum absolute atomic E-state index is 0.220. The van der Waals surface area contributed by atoms with E-state index in [1.54, 1.807) is 19.1 Å². The molecule has 0 N–H and O–H groups in total. The van der Waals surface area contributed by atoms with Crippen molar-refractivity contribution in [1.82, 2.24) is 4.90 Å². The van der Waals surface area contributed by atoms with Crippen LogP contribution in [0.1, 0.15) is 41.6 Å². The third-order valence-electron chi connectivity index (χ3n) is 3.82. The number of likely N-dealkylation sites (tertiary alicyclic amines) is 1. The highest BCUT2D eigenvalue weighted by Crippen LogP contribution is 2.27. The number of ether oxygens (including phenoxy) is 1. The van der Waals surface area contributed by atoms with Crippen LogP contribution in [0.5, 0.6) is 0 Å². The topological polar surface area (TPSA) is 46.6 Å². The maximum atomic E-state index is 11.8. The smallest absolute Gasteiger partial charge is 0.379 e. The Bertz CT molecular complexity index is 473. The maximum Gasteiger partial charge on any atom is 0.379 e. The number of benzene rings is 1. The molecule has 20 heavy (non-hydrogen) atoms. The molecule has 0 aromatic heterocycles. The van der Waals surface area contributed by atoms with Crippen molar-refractivity contribution in [3.8, 4) is 0 Å². The van der Waals surface area contributed by atoms with Crippen molar-refractivity contribution in [1.29, 1.82) is 0 Å². The Morgan fingerprint density at radius 3 is 2.35 bits per heavy atom. The first kappa shape index (κ1) is 14.7. The number of rotatable bonds is 4. The van der Waals surface area contributed by atoms with E-state index < -0.39 is 11.8 Å². The molecule has 0 amide bonds. The van der Waals surface area contributed by atoms with Gasteiger partial charge in [0, 0.05) is 5.56 Å². The van der Waals surface area contributed by atoms with Crippen LogP contribution in [0, 0.1) is 0 Å². The number of hydrogen-bond acceptors (Lipinski definition) is 4. The van der Waals surface area contributed by atoms with E-state index in [1.807, 2.05) is 12.1 Å². The number of esters is 1. The molecule has 1 aliphatic rings. The normalized spacial score (nSPS) is 16.9. The standard InChI is InChI=1S/C16H21NO3/c1-3-20-16(19)15(18)14-6-4-12(5-7-14)13-8-10-17(2)11-9-13/h4-7,13H,3,8-11H2,1-2H3. The van der Waals surface area contributed by atoms with Gasteiger partial charge in [-0.2, -0.15) is 0 Å². The lowest BCUT2D eigenvalue weighted by molar-refractivity contribution is -0.137. The van der Waals surface area contributed by atoms with Crippen molar-refractivity contribution in [2.75, 3.05) is 26.7 Å². The minimum Gasteiger partial charge on any atom is -0.460 e. The Morgan fingerprint density at radius 2 is 1.80 bits per heavy atom. The lowest BCUT2D eigenvalue weighted by atomic mass is 9.89. The Kier molecular flexibility index (Phi) is 4.90. The molecule has 1 aromatic rings. The minimum atomic E-state index is -0.778. The second kappa shape index (κ2) is 6.66. The van der Waals surface area contributed by atoms with Gasteiger partial charge in [0.15, 0.2) is 0 Å². The van der Waals surface area contributed by atoms with Crippen molar-refractivity contribution in [3.05, 3.63) is 35.4 Å². The van der Waals surface area contributed by atoms with Gasteiger partial charge in [-0.3, -0.25) is 4.79 Å². The summed E-state index contributed by atoms with van der Waals surface area (Å²) in [5.74, 6) is -0.792. The lowest BCUT2D eigenvalue weighted by Gasteiger charge is -2.29. The highest BCUT2D eigenvalue weighted by molar-refractivity contribution is 6.40. The van der Waals surface area contributed by atoms with Crippen LogP contribution in [0.4, 0.5) is 0 Å². The molecule has 1 fully saturated rings. The number of Topliss-reactive ketones (excluding diaryl/α,β-unsaturated/α-hetero) is 1. The van der Waals surface area contributed by atoms with Crippen LogP contribution in [0.2, 0.25) is 0 Å². The van der Waals surface area contributed by atoms with Crippen LogP contribution < -0.4 is 0 Å². The van der Waals surface area contributed by atoms with Gasteiger partial charge in [0.1, 0.15) is 0 Å². The van der Waals surface area contributed by atoms with E-state index in [2.05, 4.69) is 11.9 Å². The second-order valence-corrected chi connectivity index (χ2v) is 5.25. The molecular formula is C16H21NO3. The molecule has 0 aliphatic carbocycles. The number of piperidine rings is 1. The number of ketones is 1. The summed E-state index contributed by atoms with van der Waals surface area (Å²) < 4.78 is 4.72. The fourth-order valence-electron chi connectivity index (χ4n) is 2.56. The number of nitrogens with zero attached hydrogens (tertiary/aromatic N) is 1. The molecule has 108 valence electrons. The predicted molar refractivity (Wildman–Crippen MR) is 76.9 cm³/mol. The average Bonchev–Trinajstić information content (AvgIpc) is 2.48. The molecule has 1 saturated heterocycles. The molecule has 0 unspecified atom stereocenters. The van der Waals surface area contributed by atoms with Crippen LogP contribution in [0.25, 0.3) is 0 Å². The van der Waals surface area contributed by atoms with Crippen LogP contribution in [0.3, 0.4) is 0 Å². The van der Waals surface area contributed by atoms with E-state index >= 15 is 0 Å². The summed E-state index contributed by atoms with van der Waals surface area (Å²) in [6, 6.07) is 7.38. The quantitative estimate of drug-likeness (QED) is 0.480. The van der Waals surface area contributed by atoms with Gasteiger partial charge in [0.2, 0.25) is 0 Å². The molecular weight excluding hydrogens is 254 g/mol. The van der Waals surface area contributed by atoms with Crippen LogP contribution >= 0.6 is 0 Å². The van der Waals surface area contributed by atoms with Gasteiger partial charge >= 0.3 is 5.97 Å². The maximum absolute atomic E-state index is 11.8. The Balaban J connectivity index is 2.03. The average molecular weight is 275 g/mol.